The minimum Gasteiger partial charge on any atom is -0.507 e. The van der Waals surface area contributed by atoms with Crippen LogP contribution in [0.15, 0.2) is 48.0 Å². The number of aromatic hydroxyl groups is 1. The predicted octanol–water partition coefficient (Wildman–Crippen LogP) is 3.88. The molecule has 212 valence electrons. The second kappa shape index (κ2) is 10.7. The van der Waals surface area contributed by atoms with Gasteiger partial charge in [0.15, 0.2) is 11.5 Å². The number of aryl methyl sites for hydroxylation is 1. The van der Waals surface area contributed by atoms with Crippen molar-refractivity contribution in [3.8, 4) is 22.7 Å². The summed E-state index contributed by atoms with van der Waals surface area (Å²) in [7, 11) is 0. The molecule has 12 heteroatoms. The molecular weight excluding hydrogens is 532 g/mol. The maximum absolute atomic E-state index is 15.8. The van der Waals surface area contributed by atoms with Crippen molar-refractivity contribution < 1.29 is 18.7 Å². The number of pyridine rings is 1. The molecule has 1 amide bonds. The lowest BCUT2D eigenvalue weighted by Gasteiger charge is -2.40. The molecule has 0 unspecified atom stereocenters. The molecule has 1 aliphatic rings. The number of halogens is 2. The topological polar surface area (TPSA) is 117 Å². The van der Waals surface area contributed by atoms with Crippen LogP contribution in [-0.4, -0.2) is 66.1 Å². The first kappa shape index (κ1) is 27.8. The Morgan fingerprint density at radius 1 is 1.17 bits per heavy atom. The van der Waals surface area contributed by atoms with E-state index in [2.05, 4.69) is 26.5 Å². The first-order valence-electron chi connectivity index (χ1n) is 13.1. The molecule has 1 saturated heterocycles. The molecule has 1 N–H and O–H groups in total. The van der Waals surface area contributed by atoms with E-state index in [1.54, 1.807) is 11.8 Å². The Labute approximate surface area is 234 Å². The van der Waals surface area contributed by atoms with Gasteiger partial charge >= 0.3 is 5.69 Å². The summed E-state index contributed by atoms with van der Waals surface area (Å²) in [5, 5.41) is 10.6. The number of aromatic nitrogens is 5. The Morgan fingerprint density at radius 3 is 2.59 bits per heavy atom. The third kappa shape index (κ3) is 4.79. The lowest BCUT2D eigenvalue weighted by atomic mass is 10.1. The fraction of sp³-hybridized carbons (Fsp3) is 0.310. The average Bonchev–Trinajstić information content (AvgIpc) is 2.93. The van der Waals surface area contributed by atoms with Crippen LogP contribution in [-0.2, 0) is 4.79 Å². The molecule has 0 bridgehead atoms. The van der Waals surface area contributed by atoms with Crippen molar-refractivity contribution in [3.05, 3.63) is 76.8 Å². The fourth-order valence-electron chi connectivity index (χ4n) is 5.23. The molecule has 3 aromatic heterocycles. The Morgan fingerprint density at radius 2 is 1.93 bits per heavy atom. The quantitative estimate of drug-likeness (QED) is 0.365. The molecule has 4 heterocycles. The maximum Gasteiger partial charge on any atom is 0.355 e. The van der Waals surface area contributed by atoms with E-state index in [4.69, 9.17) is 0 Å². The number of benzene rings is 1. The fourth-order valence-corrected chi connectivity index (χ4v) is 5.23. The minimum absolute atomic E-state index is 0.00403. The van der Waals surface area contributed by atoms with Crippen LogP contribution in [0.3, 0.4) is 0 Å². The molecule has 0 radical (unpaired) electrons. The van der Waals surface area contributed by atoms with Crippen LogP contribution in [0.25, 0.3) is 28.0 Å². The molecule has 1 aromatic carbocycles. The van der Waals surface area contributed by atoms with E-state index in [0.717, 1.165) is 12.1 Å². The van der Waals surface area contributed by atoms with E-state index in [1.165, 1.54) is 29.1 Å². The number of fused-ring (bicyclic) bond motifs is 1. The van der Waals surface area contributed by atoms with Gasteiger partial charge in [-0.25, -0.2) is 33.1 Å². The number of piperazine rings is 1. The molecular formula is C29H29F2N7O3. The van der Waals surface area contributed by atoms with E-state index < -0.39 is 34.3 Å². The predicted molar refractivity (Wildman–Crippen MR) is 150 cm³/mol. The molecule has 0 saturated carbocycles. The zero-order chi connectivity index (χ0) is 29.6. The molecule has 4 aromatic rings. The van der Waals surface area contributed by atoms with Crippen LogP contribution < -0.4 is 10.6 Å². The Bertz CT molecular complexity index is 1730. The number of phenolic OH excluding ortho intramolecular Hbond substituents is 1. The van der Waals surface area contributed by atoms with Crippen LogP contribution in [0.5, 0.6) is 5.75 Å². The van der Waals surface area contributed by atoms with Crippen molar-refractivity contribution >= 4 is 22.8 Å². The summed E-state index contributed by atoms with van der Waals surface area (Å²) >= 11 is 0. The highest BCUT2D eigenvalue weighted by Crippen LogP contribution is 2.36. The van der Waals surface area contributed by atoms with Crippen molar-refractivity contribution in [1.29, 1.82) is 0 Å². The lowest BCUT2D eigenvalue weighted by molar-refractivity contribution is -0.126. The summed E-state index contributed by atoms with van der Waals surface area (Å²) in [6.45, 7) is 11.9. The van der Waals surface area contributed by atoms with Gasteiger partial charge in [-0.1, -0.05) is 26.5 Å². The summed E-state index contributed by atoms with van der Waals surface area (Å²) in [4.78, 5) is 47.0. The minimum atomic E-state index is -0.913. The van der Waals surface area contributed by atoms with Gasteiger partial charge < -0.3 is 14.9 Å². The van der Waals surface area contributed by atoms with Gasteiger partial charge in [-0.05, 0) is 44.0 Å². The van der Waals surface area contributed by atoms with Crippen LogP contribution in [0.4, 0.5) is 14.6 Å². The molecule has 41 heavy (non-hydrogen) atoms. The summed E-state index contributed by atoms with van der Waals surface area (Å²) in [6, 6.07) is 4.47. The number of carbonyl (C=O) groups is 1. The van der Waals surface area contributed by atoms with Gasteiger partial charge in [0, 0.05) is 25.7 Å². The van der Waals surface area contributed by atoms with Gasteiger partial charge in [-0.15, -0.1) is 0 Å². The summed E-state index contributed by atoms with van der Waals surface area (Å²) < 4.78 is 31.9. The van der Waals surface area contributed by atoms with Gasteiger partial charge in [0.1, 0.15) is 29.4 Å². The zero-order valence-corrected chi connectivity index (χ0v) is 23.1. The maximum atomic E-state index is 15.8. The summed E-state index contributed by atoms with van der Waals surface area (Å²) in [6.07, 6.45) is 2.64. The number of phenols is 1. The van der Waals surface area contributed by atoms with Gasteiger partial charge in [0.25, 0.3) is 0 Å². The van der Waals surface area contributed by atoms with E-state index in [0.29, 0.717) is 36.7 Å². The highest BCUT2D eigenvalue weighted by molar-refractivity contribution is 5.91. The lowest BCUT2D eigenvalue weighted by Crippen LogP contribution is -2.54. The second-order valence-corrected chi connectivity index (χ2v) is 10.3. The van der Waals surface area contributed by atoms with Crippen molar-refractivity contribution in [2.75, 3.05) is 24.5 Å². The van der Waals surface area contributed by atoms with Gasteiger partial charge in [-0.2, -0.15) is 4.98 Å². The van der Waals surface area contributed by atoms with Gasteiger partial charge in [0.05, 0.1) is 28.0 Å². The summed E-state index contributed by atoms with van der Waals surface area (Å²) in [5.74, 6) is -2.46. The van der Waals surface area contributed by atoms with Crippen LogP contribution in [0.2, 0.25) is 0 Å². The molecule has 0 spiro atoms. The number of nitrogens with zero attached hydrogens (tertiary/aromatic N) is 7. The molecule has 5 rings (SSSR count). The molecule has 1 aliphatic heterocycles. The second-order valence-electron chi connectivity index (χ2n) is 10.3. The van der Waals surface area contributed by atoms with Crippen molar-refractivity contribution in [3.63, 3.8) is 0 Å². The Kier molecular flexibility index (Phi) is 7.24. The third-order valence-electron chi connectivity index (χ3n) is 7.22. The monoisotopic (exact) mass is 561 g/mol. The van der Waals surface area contributed by atoms with Crippen molar-refractivity contribution in [1.82, 2.24) is 29.4 Å². The van der Waals surface area contributed by atoms with E-state index >= 15 is 4.39 Å². The standard InChI is InChI=1S/C29H29F2N7O3/c1-6-22(40)36-10-11-37(16(4)13-36)27-18-12-20(31)25(23-19(30)8-7-9-21(23)39)34-28(18)38(29(41)35-27)26-17(5)32-14-33-24(26)15(2)3/h6-9,12,14-16,39H,1,10-11,13H2,2-5H3/t16-/m0/s1. The highest BCUT2D eigenvalue weighted by atomic mass is 19.1. The van der Waals surface area contributed by atoms with E-state index in [-0.39, 0.29) is 34.7 Å². The van der Waals surface area contributed by atoms with E-state index in [9.17, 15) is 19.1 Å². The number of hydrogen-bond acceptors (Lipinski definition) is 8. The van der Waals surface area contributed by atoms with Crippen molar-refractivity contribution in [2.45, 2.75) is 39.7 Å². The normalized spacial score (nSPS) is 15.5. The van der Waals surface area contributed by atoms with Gasteiger partial charge in [0.2, 0.25) is 5.91 Å². The largest absolute Gasteiger partial charge is 0.507 e. The van der Waals surface area contributed by atoms with Crippen LogP contribution >= 0.6 is 0 Å². The number of amides is 1. The third-order valence-corrected chi connectivity index (χ3v) is 7.22. The molecule has 1 fully saturated rings. The number of rotatable bonds is 5. The van der Waals surface area contributed by atoms with E-state index in [1.807, 2.05) is 25.7 Å². The molecule has 10 nitrogen and oxygen atoms in total. The molecule has 0 aliphatic carbocycles. The Hall–Kier alpha value is -4.74. The highest BCUT2D eigenvalue weighted by Gasteiger charge is 2.31. The number of anilines is 1. The summed E-state index contributed by atoms with van der Waals surface area (Å²) in [5.41, 5.74) is -0.265. The van der Waals surface area contributed by atoms with Crippen LogP contribution in [0.1, 0.15) is 38.1 Å². The number of carbonyl (C=O) groups excluding carboxylic acids is 1. The number of hydrogen-bond donors (Lipinski definition) is 1. The van der Waals surface area contributed by atoms with Gasteiger partial charge in [-0.3, -0.25) is 4.79 Å². The first-order chi connectivity index (χ1) is 19.5. The van der Waals surface area contributed by atoms with Crippen LogP contribution in [0, 0.1) is 18.6 Å². The zero-order valence-electron chi connectivity index (χ0n) is 23.1. The Balaban J connectivity index is 1.83. The molecule has 1 atom stereocenters. The average molecular weight is 562 g/mol. The van der Waals surface area contributed by atoms with Crippen molar-refractivity contribution in [2.24, 2.45) is 0 Å². The smallest absolute Gasteiger partial charge is 0.355 e. The SMILES string of the molecule is C=CC(=O)N1CCN(c2nc(=O)n(-c3c(C)ncnc3C(C)C)c3nc(-c4c(O)cccc4F)c(F)cc23)[C@@H](C)C1. The first-order valence-corrected chi connectivity index (χ1v) is 13.1.